The molecule has 0 aliphatic heterocycles. The zero-order valence-corrected chi connectivity index (χ0v) is 21.1. The van der Waals surface area contributed by atoms with E-state index in [1.165, 1.54) is 5.56 Å². The summed E-state index contributed by atoms with van der Waals surface area (Å²) in [5.41, 5.74) is 4.29. The Bertz CT molecular complexity index is 1320. The van der Waals surface area contributed by atoms with Crippen molar-refractivity contribution in [3.8, 4) is 11.5 Å². The maximum absolute atomic E-state index is 12.3. The van der Waals surface area contributed by atoms with E-state index in [-0.39, 0.29) is 11.5 Å². The Hall–Kier alpha value is -3.61. The summed E-state index contributed by atoms with van der Waals surface area (Å²) in [6.07, 6.45) is 1.27. The first kappa shape index (κ1) is 25.5. The van der Waals surface area contributed by atoms with Gasteiger partial charge in [0, 0.05) is 6.42 Å². The highest BCUT2D eigenvalue weighted by Gasteiger charge is 2.14. The van der Waals surface area contributed by atoms with Crippen LogP contribution >= 0.6 is 0 Å². The zero-order chi connectivity index (χ0) is 25.2. The van der Waals surface area contributed by atoms with E-state index in [1.54, 1.807) is 24.3 Å². The van der Waals surface area contributed by atoms with E-state index in [2.05, 4.69) is 12.1 Å². The van der Waals surface area contributed by atoms with Gasteiger partial charge in [-0.15, -0.1) is 0 Å². The van der Waals surface area contributed by atoms with E-state index < -0.39 is 10.1 Å². The second-order valence-corrected chi connectivity index (χ2v) is 10.1. The third-order valence-corrected chi connectivity index (χ3v) is 7.02. The van der Waals surface area contributed by atoms with Gasteiger partial charge in [0.05, 0.1) is 18.1 Å². The van der Waals surface area contributed by atoms with Crippen LogP contribution in [0.2, 0.25) is 0 Å². The molecule has 6 heteroatoms. The minimum absolute atomic E-state index is 0.0848. The summed E-state index contributed by atoms with van der Waals surface area (Å²) in [6.45, 7) is 3.10. The standard InChI is InChI=1S/C30H30O5S/c1-24-7-17-30(18-8-24)36(31,32)35-22-20-26-9-13-28(14-10-26)33-21-19-25-11-15-29(16-12-25)34-23-27-5-3-2-4-6-27/h2-18H,19-23H2,1H3. The van der Waals surface area contributed by atoms with Crippen molar-refractivity contribution in [2.75, 3.05) is 13.2 Å². The summed E-state index contributed by atoms with van der Waals surface area (Å²) in [6, 6.07) is 32.4. The first-order chi connectivity index (χ1) is 17.5. The van der Waals surface area contributed by atoms with E-state index in [0.29, 0.717) is 19.6 Å². The second kappa shape index (κ2) is 12.4. The molecule has 0 atom stereocenters. The molecule has 0 radical (unpaired) electrons. The van der Waals surface area contributed by atoms with Crippen LogP contribution in [0.4, 0.5) is 0 Å². The van der Waals surface area contributed by atoms with Crippen molar-refractivity contribution in [2.24, 2.45) is 0 Å². The number of aryl methyl sites for hydroxylation is 1. The van der Waals surface area contributed by atoms with Crippen LogP contribution in [0.1, 0.15) is 22.3 Å². The Morgan fingerprint density at radius 1 is 0.583 bits per heavy atom. The number of hydrogen-bond acceptors (Lipinski definition) is 5. The average Bonchev–Trinajstić information content (AvgIpc) is 2.90. The molecule has 0 fully saturated rings. The summed E-state index contributed by atoms with van der Waals surface area (Å²) in [4.78, 5) is 0.172. The highest BCUT2D eigenvalue weighted by atomic mass is 32.2. The molecule has 0 heterocycles. The maximum atomic E-state index is 12.3. The van der Waals surface area contributed by atoms with Gasteiger partial charge in [-0.25, -0.2) is 0 Å². The minimum Gasteiger partial charge on any atom is -0.493 e. The minimum atomic E-state index is -3.75. The van der Waals surface area contributed by atoms with Crippen LogP contribution in [0.25, 0.3) is 0 Å². The van der Waals surface area contributed by atoms with Gasteiger partial charge in [-0.05, 0) is 66.4 Å². The van der Waals surface area contributed by atoms with Gasteiger partial charge in [-0.3, -0.25) is 4.18 Å². The summed E-state index contributed by atoms with van der Waals surface area (Å²) in [7, 11) is -3.75. The molecule has 4 aromatic carbocycles. The Morgan fingerprint density at radius 3 is 1.75 bits per heavy atom. The van der Waals surface area contributed by atoms with Crippen molar-refractivity contribution in [3.05, 3.63) is 125 Å². The molecule has 0 spiro atoms. The fourth-order valence-electron chi connectivity index (χ4n) is 3.57. The SMILES string of the molecule is Cc1ccc(S(=O)(=O)OCCc2ccc(OCCc3ccc(OCc4ccccc4)cc3)cc2)cc1. The fourth-order valence-corrected chi connectivity index (χ4v) is 4.48. The molecule has 4 aromatic rings. The van der Waals surface area contributed by atoms with E-state index >= 15 is 0 Å². The second-order valence-electron chi connectivity index (χ2n) is 8.50. The molecular weight excluding hydrogens is 472 g/mol. The van der Waals surface area contributed by atoms with Crippen molar-refractivity contribution in [3.63, 3.8) is 0 Å². The lowest BCUT2D eigenvalue weighted by Crippen LogP contribution is -2.09. The van der Waals surface area contributed by atoms with Gasteiger partial charge >= 0.3 is 0 Å². The molecule has 36 heavy (non-hydrogen) atoms. The molecule has 0 aliphatic carbocycles. The van der Waals surface area contributed by atoms with Crippen molar-refractivity contribution in [1.29, 1.82) is 0 Å². The largest absolute Gasteiger partial charge is 0.493 e. The highest BCUT2D eigenvalue weighted by molar-refractivity contribution is 7.86. The Kier molecular flexibility index (Phi) is 8.76. The predicted octanol–water partition coefficient (Wildman–Crippen LogP) is 6.14. The topological polar surface area (TPSA) is 61.8 Å². The highest BCUT2D eigenvalue weighted by Crippen LogP contribution is 2.17. The lowest BCUT2D eigenvalue weighted by atomic mass is 10.1. The van der Waals surface area contributed by atoms with Crippen LogP contribution in [-0.2, 0) is 33.7 Å². The van der Waals surface area contributed by atoms with Crippen molar-refractivity contribution >= 4 is 10.1 Å². The Labute approximate surface area is 213 Å². The third-order valence-electron chi connectivity index (χ3n) is 5.69. The maximum Gasteiger partial charge on any atom is 0.296 e. The molecule has 0 aliphatic rings. The lowest BCUT2D eigenvalue weighted by Gasteiger charge is -2.09. The molecule has 186 valence electrons. The van der Waals surface area contributed by atoms with E-state index in [9.17, 15) is 8.42 Å². The first-order valence-electron chi connectivity index (χ1n) is 11.9. The zero-order valence-electron chi connectivity index (χ0n) is 20.3. The third kappa shape index (κ3) is 7.70. The molecule has 4 rings (SSSR count). The van der Waals surface area contributed by atoms with Crippen molar-refractivity contribution in [2.45, 2.75) is 31.3 Å². The monoisotopic (exact) mass is 502 g/mol. The molecule has 5 nitrogen and oxygen atoms in total. The van der Waals surface area contributed by atoms with Crippen LogP contribution in [0.15, 0.2) is 108 Å². The molecule has 0 unspecified atom stereocenters. The number of ether oxygens (including phenoxy) is 2. The van der Waals surface area contributed by atoms with Gasteiger partial charge in [0.1, 0.15) is 18.1 Å². The van der Waals surface area contributed by atoms with Crippen molar-refractivity contribution < 1.29 is 22.1 Å². The molecule has 0 N–H and O–H groups in total. The molecule has 0 bridgehead atoms. The van der Waals surface area contributed by atoms with Crippen LogP contribution < -0.4 is 9.47 Å². The molecule has 0 aromatic heterocycles. The average molecular weight is 503 g/mol. The summed E-state index contributed by atoms with van der Waals surface area (Å²) in [5, 5.41) is 0. The fraction of sp³-hybridized carbons (Fsp3) is 0.200. The first-order valence-corrected chi connectivity index (χ1v) is 13.3. The Morgan fingerprint density at radius 2 is 1.14 bits per heavy atom. The van der Waals surface area contributed by atoms with E-state index in [4.69, 9.17) is 13.7 Å². The number of hydrogen-bond donors (Lipinski definition) is 0. The predicted molar refractivity (Wildman–Crippen MR) is 141 cm³/mol. The number of benzene rings is 4. The summed E-state index contributed by atoms with van der Waals surface area (Å²) < 4.78 is 41.4. The van der Waals surface area contributed by atoms with Gasteiger partial charge in [-0.1, -0.05) is 72.3 Å². The van der Waals surface area contributed by atoms with Crippen LogP contribution in [0, 0.1) is 6.92 Å². The van der Waals surface area contributed by atoms with Gasteiger partial charge < -0.3 is 9.47 Å². The molecular formula is C30H30O5S. The Balaban J connectivity index is 1.17. The normalized spacial score (nSPS) is 11.2. The molecule has 0 amide bonds. The van der Waals surface area contributed by atoms with Gasteiger partial charge in [0.25, 0.3) is 10.1 Å². The van der Waals surface area contributed by atoms with Crippen molar-refractivity contribution in [1.82, 2.24) is 0 Å². The van der Waals surface area contributed by atoms with Crippen LogP contribution in [0.5, 0.6) is 11.5 Å². The van der Waals surface area contributed by atoms with Crippen LogP contribution in [0.3, 0.4) is 0 Å². The van der Waals surface area contributed by atoms with Gasteiger partial charge in [0.2, 0.25) is 0 Å². The van der Waals surface area contributed by atoms with Crippen LogP contribution in [-0.4, -0.2) is 21.6 Å². The van der Waals surface area contributed by atoms with E-state index in [0.717, 1.165) is 34.6 Å². The molecule has 0 saturated heterocycles. The van der Waals surface area contributed by atoms with Gasteiger partial charge in [0.15, 0.2) is 0 Å². The quantitative estimate of drug-likeness (QED) is 0.218. The lowest BCUT2D eigenvalue weighted by molar-refractivity contribution is 0.305. The van der Waals surface area contributed by atoms with Gasteiger partial charge in [-0.2, -0.15) is 8.42 Å². The number of rotatable bonds is 12. The van der Waals surface area contributed by atoms with E-state index in [1.807, 2.05) is 73.7 Å². The smallest absolute Gasteiger partial charge is 0.296 e. The molecule has 0 saturated carbocycles. The summed E-state index contributed by atoms with van der Waals surface area (Å²) >= 11 is 0. The summed E-state index contributed by atoms with van der Waals surface area (Å²) in [5.74, 6) is 1.62.